The molecular formula is C20H20FNO2. The van der Waals surface area contributed by atoms with Crippen molar-refractivity contribution < 1.29 is 13.9 Å². The van der Waals surface area contributed by atoms with E-state index < -0.39 is 0 Å². The Balaban J connectivity index is 2.22. The predicted octanol–water partition coefficient (Wildman–Crippen LogP) is 3.49. The summed E-state index contributed by atoms with van der Waals surface area (Å²) in [5, 5.41) is 0. The van der Waals surface area contributed by atoms with Crippen LogP contribution in [0.5, 0.6) is 0 Å². The molecule has 0 aliphatic rings. The normalized spacial score (nSPS) is 10.1. The Bertz CT molecular complexity index is 747. The maximum atomic E-state index is 13.1. The van der Waals surface area contributed by atoms with Crippen LogP contribution >= 0.6 is 0 Å². The fourth-order valence-electron chi connectivity index (χ4n) is 2.57. The topological polar surface area (TPSA) is 29.5 Å². The van der Waals surface area contributed by atoms with E-state index in [1.165, 1.54) is 19.2 Å². The van der Waals surface area contributed by atoms with Gasteiger partial charge in [0, 0.05) is 12.2 Å². The average Bonchev–Trinajstić information content (AvgIpc) is 2.56. The summed E-state index contributed by atoms with van der Waals surface area (Å²) in [5.74, 6) is 2.13. The molecule has 2 rings (SSSR count). The molecule has 0 aliphatic heterocycles. The predicted molar refractivity (Wildman–Crippen MR) is 93.2 cm³/mol. The van der Waals surface area contributed by atoms with Gasteiger partial charge in [0.1, 0.15) is 5.82 Å². The van der Waals surface area contributed by atoms with E-state index in [9.17, 15) is 9.18 Å². The number of halogens is 1. The van der Waals surface area contributed by atoms with Crippen molar-refractivity contribution in [1.29, 1.82) is 0 Å². The molecule has 0 atom stereocenters. The van der Waals surface area contributed by atoms with Crippen molar-refractivity contribution >= 4 is 11.7 Å². The third-order valence-corrected chi connectivity index (χ3v) is 3.75. The maximum Gasteiger partial charge on any atom is 0.309 e. The molecule has 0 N–H and O–H groups in total. The molecule has 0 bridgehead atoms. The van der Waals surface area contributed by atoms with E-state index in [0.717, 1.165) is 22.4 Å². The zero-order valence-electron chi connectivity index (χ0n) is 13.9. The fourth-order valence-corrected chi connectivity index (χ4v) is 2.57. The van der Waals surface area contributed by atoms with Crippen molar-refractivity contribution in [2.24, 2.45) is 0 Å². The number of hydrogen-bond donors (Lipinski definition) is 0. The third kappa shape index (κ3) is 4.60. The molecule has 0 spiro atoms. The fraction of sp³-hybridized carbons (Fsp3) is 0.250. The molecule has 0 saturated heterocycles. The molecule has 0 aliphatic carbocycles. The first-order chi connectivity index (χ1) is 11.5. The second-order valence-corrected chi connectivity index (χ2v) is 5.56. The molecular weight excluding hydrogens is 305 g/mol. The Kier molecular flexibility index (Phi) is 5.97. The Morgan fingerprint density at radius 1 is 1.21 bits per heavy atom. The molecule has 124 valence electrons. The van der Waals surface area contributed by atoms with E-state index in [1.807, 2.05) is 30.0 Å². The highest BCUT2D eigenvalue weighted by Gasteiger charge is 2.11. The summed E-state index contributed by atoms with van der Waals surface area (Å²) in [6.07, 6.45) is 5.74. The van der Waals surface area contributed by atoms with Crippen LogP contribution in [-0.2, 0) is 22.5 Å². The van der Waals surface area contributed by atoms with Crippen molar-refractivity contribution in [3.63, 3.8) is 0 Å². The highest BCUT2D eigenvalue weighted by atomic mass is 19.1. The van der Waals surface area contributed by atoms with Gasteiger partial charge < -0.3 is 9.64 Å². The number of terminal acetylenes is 1. The smallest absolute Gasteiger partial charge is 0.309 e. The molecule has 24 heavy (non-hydrogen) atoms. The average molecular weight is 325 g/mol. The Labute approximate surface area is 142 Å². The number of anilines is 1. The number of nitrogens with zero attached hydrogens (tertiary/aromatic N) is 1. The van der Waals surface area contributed by atoms with Crippen molar-refractivity contribution in [3.05, 3.63) is 65.0 Å². The summed E-state index contributed by atoms with van der Waals surface area (Å²) in [4.78, 5) is 13.4. The van der Waals surface area contributed by atoms with Crippen LogP contribution in [0.25, 0.3) is 0 Å². The van der Waals surface area contributed by atoms with E-state index in [2.05, 4.69) is 5.92 Å². The number of aryl methyl sites for hydroxylation is 1. The van der Waals surface area contributed by atoms with Crippen LogP contribution < -0.4 is 4.90 Å². The van der Waals surface area contributed by atoms with Crippen LogP contribution in [0.15, 0.2) is 42.5 Å². The lowest BCUT2D eigenvalue weighted by Crippen LogP contribution is -2.23. The number of benzene rings is 2. The molecule has 0 unspecified atom stereocenters. The monoisotopic (exact) mass is 325 g/mol. The van der Waals surface area contributed by atoms with Crippen molar-refractivity contribution in [2.45, 2.75) is 19.9 Å². The van der Waals surface area contributed by atoms with Crippen molar-refractivity contribution in [1.82, 2.24) is 0 Å². The summed E-state index contributed by atoms with van der Waals surface area (Å²) in [5.41, 5.74) is 3.88. The van der Waals surface area contributed by atoms with Gasteiger partial charge in [0.05, 0.1) is 20.1 Å². The van der Waals surface area contributed by atoms with E-state index in [-0.39, 0.29) is 18.2 Å². The van der Waals surface area contributed by atoms with Gasteiger partial charge in [-0.3, -0.25) is 4.79 Å². The summed E-state index contributed by atoms with van der Waals surface area (Å²) in [6, 6.07) is 12.2. The minimum absolute atomic E-state index is 0.241. The zero-order chi connectivity index (χ0) is 17.5. The third-order valence-electron chi connectivity index (χ3n) is 3.75. The standard InChI is InChI=1S/C20H20FNO2/c1-4-11-22(14-16-5-8-18(21)9-6-16)19-10-7-17(12-15(19)2)13-20(23)24-3/h1,5-10,12H,11,13-14H2,2-3H3. The van der Waals surface area contributed by atoms with E-state index in [0.29, 0.717) is 13.1 Å². The number of carbonyl (C=O) groups excluding carboxylic acids is 1. The van der Waals surface area contributed by atoms with Gasteiger partial charge in [-0.25, -0.2) is 4.39 Å². The largest absolute Gasteiger partial charge is 0.469 e. The minimum Gasteiger partial charge on any atom is -0.469 e. The summed E-state index contributed by atoms with van der Waals surface area (Å²) in [7, 11) is 1.38. The van der Waals surface area contributed by atoms with Crippen LogP contribution in [-0.4, -0.2) is 19.6 Å². The Morgan fingerprint density at radius 2 is 1.88 bits per heavy atom. The molecule has 4 heteroatoms. The number of methoxy groups -OCH3 is 1. The van der Waals surface area contributed by atoms with Crippen molar-refractivity contribution in [3.8, 4) is 12.3 Å². The Morgan fingerprint density at radius 3 is 2.46 bits per heavy atom. The van der Waals surface area contributed by atoms with Gasteiger partial charge in [0.15, 0.2) is 0 Å². The number of rotatable bonds is 6. The SMILES string of the molecule is C#CCN(Cc1ccc(F)cc1)c1ccc(CC(=O)OC)cc1C. The molecule has 2 aromatic rings. The summed E-state index contributed by atoms with van der Waals surface area (Å²) < 4.78 is 17.7. The Hall–Kier alpha value is -2.80. The zero-order valence-corrected chi connectivity index (χ0v) is 13.9. The molecule has 2 aromatic carbocycles. The summed E-state index contributed by atoms with van der Waals surface area (Å²) >= 11 is 0. The minimum atomic E-state index is -0.269. The van der Waals surface area contributed by atoms with E-state index in [1.54, 1.807) is 12.1 Å². The van der Waals surface area contributed by atoms with Crippen molar-refractivity contribution in [2.75, 3.05) is 18.6 Å². The van der Waals surface area contributed by atoms with Gasteiger partial charge in [-0.15, -0.1) is 6.42 Å². The molecule has 0 heterocycles. The van der Waals surface area contributed by atoms with E-state index >= 15 is 0 Å². The van der Waals surface area contributed by atoms with Gasteiger partial charge in [-0.2, -0.15) is 0 Å². The van der Waals surface area contributed by atoms with Gasteiger partial charge in [0.25, 0.3) is 0 Å². The highest BCUT2D eigenvalue weighted by molar-refractivity contribution is 5.73. The molecule has 0 saturated carbocycles. The van der Waals surface area contributed by atoms with Gasteiger partial charge >= 0.3 is 5.97 Å². The first kappa shape index (κ1) is 17.6. The van der Waals surface area contributed by atoms with E-state index in [4.69, 9.17) is 11.2 Å². The second-order valence-electron chi connectivity index (χ2n) is 5.56. The molecule has 0 fully saturated rings. The van der Waals surface area contributed by atoms with Crippen LogP contribution in [0.1, 0.15) is 16.7 Å². The first-order valence-electron chi connectivity index (χ1n) is 7.62. The van der Waals surface area contributed by atoms with Crippen LogP contribution in [0.2, 0.25) is 0 Å². The lowest BCUT2D eigenvalue weighted by molar-refractivity contribution is -0.139. The second kappa shape index (κ2) is 8.16. The molecule has 3 nitrogen and oxygen atoms in total. The lowest BCUT2D eigenvalue weighted by atomic mass is 10.1. The van der Waals surface area contributed by atoms with Gasteiger partial charge in [-0.05, 0) is 41.8 Å². The molecule has 0 radical (unpaired) electrons. The first-order valence-corrected chi connectivity index (χ1v) is 7.62. The number of hydrogen-bond acceptors (Lipinski definition) is 3. The number of esters is 1. The van der Waals surface area contributed by atoms with Crippen LogP contribution in [0.3, 0.4) is 0 Å². The van der Waals surface area contributed by atoms with Crippen LogP contribution in [0, 0.1) is 25.1 Å². The van der Waals surface area contributed by atoms with Crippen LogP contribution in [0.4, 0.5) is 10.1 Å². The summed E-state index contributed by atoms with van der Waals surface area (Å²) in [6.45, 7) is 3.00. The molecule has 0 amide bonds. The number of carbonyl (C=O) groups is 1. The highest BCUT2D eigenvalue weighted by Crippen LogP contribution is 2.23. The molecule has 0 aromatic heterocycles. The van der Waals surface area contributed by atoms with Gasteiger partial charge in [0.2, 0.25) is 0 Å². The maximum absolute atomic E-state index is 13.1. The number of ether oxygens (including phenoxy) is 1. The lowest BCUT2D eigenvalue weighted by Gasteiger charge is -2.25. The van der Waals surface area contributed by atoms with Gasteiger partial charge in [-0.1, -0.05) is 30.2 Å². The quantitative estimate of drug-likeness (QED) is 0.601.